The van der Waals surface area contributed by atoms with Crippen LogP contribution in [-0.4, -0.2) is 24.4 Å². The van der Waals surface area contributed by atoms with Crippen molar-refractivity contribution in [1.82, 2.24) is 5.32 Å². The van der Waals surface area contributed by atoms with Crippen LogP contribution in [0.5, 0.6) is 23.0 Å². The predicted octanol–water partition coefficient (Wildman–Crippen LogP) is 7.60. The lowest BCUT2D eigenvalue weighted by Gasteiger charge is -2.19. The SMILES string of the molecule is CCCc1cc(Oc2ccc(C(C)(C)C)cc2)ccc1OCCCOc1cccc(C2SC(=O)NC2=O)c1. The molecule has 0 bridgehead atoms. The second-order valence-electron chi connectivity index (χ2n) is 10.3. The van der Waals surface area contributed by atoms with Crippen molar-refractivity contribution < 1.29 is 23.8 Å². The van der Waals surface area contributed by atoms with Crippen molar-refractivity contribution in [3.05, 3.63) is 83.4 Å². The normalized spacial score (nSPS) is 15.3. The number of carbonyl (C=O) groups is 2. The van der Waals surface area contributed by atoms with E-state index in [9.17, 15) is 9.59 Å². The number of thioether (sulfide) groups is 1. The topological polar surface area (TPSA) is 73.9 Å². The second-order valence-corrected chi connectivity index (χ2v) is 11.4. The highest BCUT2D eigenvalue weighted by Gasteiger charge is 2.33. The van der Waals surface area contributed by atoms with Crippen LogP contribution < -0.4 is 19.5 Å². The number of benzene rings is 3. The van der Waals surface area contributed by atoms with Crippen LogP contribution in [0.25, 0.3) is 0 Å². The molecule has 1 N–H and O–H groups in total. The van der Waals surface area contributed by atoms with E-state index in [1.807, 2.05) is 48.5 Å². The molecule has 6 nitrogen and oxygen atoms in total. The molecule has 3 aromatic rings. The second kappa shape index (κ2) is 12.4. The summed E-state index contributed by atoms with van der Waals surface area (Å²) in [6.45, 7) is 9.73. The van der Waals surface area contributed by atoms with Crippen LogP contribution in [-0.2, 0) is 16.6 Å². The van der Waals surface area contributed by atoms with Gasteiger partial charge < -0.3 is 14.2 Å². The van der Waals surface area contributed by atoms with E-state index in [4.69, 9.17) is 14.2 Å². The van der Waals surface area contributed by atoms with Gasteiger partial charge in [-0.05, 0) is 82.8 Å². The molecule has 3 aromatic carbocycles. The van der Waals surface area contributed by atoms with Gasteiger partial charge in [0, 0.05) is 6.42 Å². The summed E-state index contributed by atoms with van der Waals surface area (Å²) < 4.78 is 18.1. The molecule has 1 atom stereocenters. The number of carbonyl (C=O) groups excluding carboxylic acids is 2. The molecule has 1 saturated heterocycles. The standard InChI is InChI=1S/C31H35NO5S/c1-5-8-21-19-26(37-24-13-11-23(12-14-24)31(2,3)4)15-16-27(21)36-18-7-17-35-25-10-6-9-22(20-25)28-29(33)32-30(34)38-28/h6,9-16,19-20,28H,5,7-8,17-18H2,1-4H3,(H,32,33,34). The fourth-order valence-electron chi connectivity index (χ4n) is 4.16. The number of amides is 2. The van der Waals surface area contributed by atoms with E-state index in [0.717, 1.165) is 53.0 Å². The van der Waals surface area contributed by atoms with Gasteiger partial charge in [-0.3, -0.25) is 14.9 Å². The lowest BCUT2D eigenvalue weighted by Crippen LogP contribution is -2.20. The van der Waals surface area contributed by atoms with Crippen molar-refractivity contribution in [2.75, 3.05) is 13.2 Å². The number of rotatable bonds is 11. The highest BCUT2D eigenvalue weighted by Crippen LogP contribution is 2.35. The molecule has 1 aliphatic heterocycles. The molecule has 1 fully saturated rings. The van der Waals surface area contributed by atoms with Crippen molar-refractivity contribution in [3.63, 3.8) is 0 Å². The van der Waals surface area contributed by atoms with Crippen molar-refractivity contribution >= 4 is 22.9 Å². The molecule has 38 heavy (non-hydrogen) atoms. The fraction of sp³-hybridized carbons (Fsp3) is 0.355. The monoisotopic (exact) mass is 533 g/mol. The minimum absolute atomic E-state index is 0.106. The Kier molecular flexibility index (Phi) is 9.00. The van der Waals surface area contributed by atoms with Crippen LogP contribution >= 0.6 is 11.8 Å². The Morgan fingerprint density at radius 1 is 0.868 bits per heavy atom. The number of ether oxygens (including phenoxy) is 3. The highest BCUT2D eigenvalue weighted by atomic mass is 32.2. The molecular formula is C31H35NO5S. The van der Waals surface area contributed by atoms with Crippen LogP contribution in [0.4, 0.5) is 4.79 Å². The van der Waals surface area contributed by atoms with E-state index in [1.165, 1.54) is 5.56 Å². The quantitative estimate of drug-likeness (QED) is 0.256. The summed E-state index contributed by atoms with van der Waals surface area (Å²) in [5, 5.41) is 1.47. The van der Waals surface area contributed by atoms with Crippen molar-refractivity contribution in [2.24, 2.45) is 0 Å². The summed E-state index contributed by atoms with van der Waals surface area (Å²) in [6, 6.07) is 21.5. The zero-order chi connectivity index (χ0) is 27.1. The van der Waals surface area contributed by atoms with Gasteiger partial charge in [-0.15, -0.1) is 0 Å². The van der Waals surface area contributed by atoms with Gasteiger partial charge in [-0.25, -0.2) is 0 Å². The molecular weight excluding hydrogens is 498 g/mol. The number of imide groups is 1. The molecule has 0 saturated carbocycles. The third-order valence-electron chi connectivity index (χ3n) is 6.17. The van der Waals surface area contributed by atoms with E-state index in [1.54, 1.807) is 0 Å². The first kappa shape index (κ1) is 27.6. The Balaban J connectivity index is 1.29. The van der Waals surface area contributed by atoms with Crippen molar-refractivity contribution in [3.8, 4) is 23.0 Å². The highest BCUT2D eigenvalue weighted by molar-refractivity contribution is 8.15. The summed E-state index contributed by atoms with van der Waals surface area (Å²) in [4.78, 5) is 23.4. The lowest BCUT2D eigenvalue weighted by atomic mass is 9.87. The van der Waals surface area contributed by atoms with E-state index >= 15 is 0 Å². The van der Waals surface area contributed by atoms with E-state index in [2.05, 4.69) is 51.2 Å². The van der Waals surface area contributed by atoms with Crippen molar-refractivity contribution in [2.45, 2.75) is 57.6 Å². The molecule has 1 heterocycles. The Labute approximate surface area is 229 Å². The molecule has 1 unspecified atom stereocenters. The van der Waals surface area contributed by atoms with Gasteiger partial charge in [0.05, 0.1) is 13.2 Å². The molecule has 0 radical (unpaired) electrons. The molecule has 1 aliphatic rings. The minimum Gasteiger partial charge on any atom is -0.493 e. The molecule has 0 aromatic heterocycles. The zero-order valence-electron chi connectivity index (χ0n) is 22.4. The van der Waals surface area contributed by atoms with Gasteiger partial charge in [0.15, 0.2) is 0 Å². The van der Waals surface area contributed by atoms with E-state index in [-0.39, 0.29) is 16.6 Å². The molecule has 7 heteroatoms. The van der Waals surface area contributed by atoms with Gasteiger partial charge in [-0.1, -0.05) is 58.4 Å². The first-order valence-electron chi connectivity index (χ1n) is 13.0. The summed E-state index contributed by atoms with van der Waals surface area (Å²) in [5.74, 6) is 2.85. The van der Waals surface area contributed by atoms with Gasteiger partial charge in [-0.2, -0.15) is 0 Å². The smallest absolute Gasteiger partial charge is 0.286 e. The van der Waals surface area contributed by atoms with E-state index in [0.29, 0.717) is 25.4 Å². The first-order valence-corrected chi connectivity index (χ1v) is 13.9. The van der Waals surface area contributed by atoms with Crippen LogP contribution in [0.3, 0.4) is 0 Å². The van der Waals surface area contributed by atoms with Crippen molar-refractivity contribution in [1.29, 1.82) is 0 Å². The number of aryl methyl sites for hydroxylation is 1. The first-order chi connectivity index (χ1) is 18.2. The summed E-state index contributed by atoms with van der Waals surface area (Å²) in [5.41, 5.74) is 3.25. The summed E-state index contributed by atoms with van der Waals surface area (Å²) in [7, 11) is 0. The van der Waals surface area contributed by atoms with E-state index < -0.39 is 5.25 Å². The van der Waals surface area contributed by atoms with Crippen LogP contribution in [0.1, 0.15) is 62.5 Å². The van der Waals surface area contributed by atoms with Gasteiger partial charge in [0.25, 0.3) is 5.24 Å². The average molecular weight is 534 g/mol. The third-order valence-corrected chi connectivity index (χ3v) is 7.21. The number of hydrogen-bond acceptors (Lipinski definition) is 6. The Morgan fingerprint density at radius 2 is 1.61 bits per heavy atom. The molecule has 0 aliphatic carbocycles. The fourth-order valence-corrected chi connectivity index (χ4v) is 4.98. The zero-order valence-corrected chi connectivity index (χ0v) is 23.2. The maximum Gasteiger partial charge on any atom is 0.286 e. The number of hydrogen-bond donors (Lipinski definition) is 1. The summed E-state index contributed by atoms with van der Waals surface area (Å²) in [6.07, 6.45) is 2.60. The number of nitrogens with one attached hydrogen (secondary N) is 1. The Morgan fingerprint density at radius 3 is 2.29 bits per heavy atom. The Bertz CT molecular complexity index is 1270. The molecule has 4 rings (SSSR count). The average Bonchev–Trinajstić information content (AvgIpc) is 3.23. The van der Waals surface area contributed by atoms with Gasteiger partial charge >= 0.3 is 0 Å². The van der Waals surface area contributed by atoms with Crippen LogP contribution in [0.15, 0.2) is 66.7 Å². The predicted molar refractivity (Wildman–Crippen MR) is 152 cm³/mol. The van der Waals surface area contributed by atoms with Crippen LogP contribution in [0.2, 0.25) is 0 Å². The van der Waals surface area contributed by atoms with Gasteiger partial charge in [0.1, 0.15) is 28.2 Å². The molecule has 0 spiro atoms. The minimum atomic E-state index is -0.527. The van der Waals surface area contributed by atoms with Gasteiger partial charge in [0.2, 0.25) is 5.91 Å². The maximum atomic E-state index is 11.9. The third kappa shape index (κ3) is 7.32. The largest absolute Gasteiger partial charge is 0.493 e. The molecule has 200 valence electrons. The molecule has 2 amide bonds. The lowest BCUT2D eigenvalue weighted by molar-refractivity contribution is -0.119. The Hall–Kier alpha value is -3.45. The summed E-state index contributed by atoms with van der Waals surface area (Å²) >= 11 is 0.989. The maximum absolute atomic E-state index is 11.9. The van der Waals surface area contributed by atoms with Crippen LogP contribution in [0, 0.1) is 0 Å².